The van der Waals surface area contributed by atoms with Crippen LogP contribution in [-0.4, -0.2) is 34.6 Å². The maximum atomic E-state index is 13.8. The van der Waals surface area contributed by atoms with Crippen LogP contribution in [0.15, 0.2) is 83.8 Å². The van der Waals surface area contributed by atoms with Gasteiger partial charge >= 0.3 is 0 Å². The van der Waals surface area contributed by atoms with E-state index in [1.807, 2.05) is 66.7 Å². The fraction of sp³-hybridized carbons (Fsp3) is 0.333. The van der Waals surface area contributed by atoms with E-state index in [2.05, 4.69) is 5.32 Å². The SMILES string of the molecule is O=C(NC1CCCCC1)[C@H](Cc1ccccc1)N(Cc1ccc(Cl)c(Cl)c1)C(=O)CSc1ccccc1. The highest BCUT2D eigenvalue weighted by molar-refractivity contribution is 8.00. The Morgan fingerprint density at radius 2 is 1.54 bits per heavy atom. The molecule has 3 aromatic rings. The van der Waals surface area contributed by atoms with Crippen LogP contribution in [-0.2, 0) is 22.6 Å². The lowest BCUT2D eigenvalue weighted by molar-refractivity contribution is -0.139. The molecule has 0 radical (unpaired) electrons. The molecule has 194 valence electrons. The highest BCUT2D eigenvalue weighted by atomic mass is 35.5. The number of benzene rings is 3. The van der Waals surface area contributed by atoms with Crippen molar-refractivity contribution in [1.82, 2.24) is 10.2 Å². The highest BCUT2D eigenvalue weighted by Gasteiger charge is 2.32. The van der Waals surface area contributed by atoms with Crippen molar-refractivity contribution < 1.29 is 9.59 Å². The normalized spacial score (nSPS) is 14.6. The van der Waals surface area contributed by atoms with Gasteiger partial charge in [-0.05, 0) is 48.2 Å². The first-order chi connectivity index (χ1) is 18.0. The predicted molar refractivity (Wildman–Crippen MR) is 153 cm³/mol. The van der Waals surface area contributed by atoms with Crippen LogP contribution in [0.5, 0.6) is 0 Å². The molecule has 7 heteroatoms. The number of carbonyl (C=O) groups is 2. The molecule has 4 rings (SSSR count). The molecule has 0 aliphatic heterocycles. The van der Waals surface area contributed by atoms with Crippen LogP contribution >= 0.6 is 35.0 Å². The number of carbonyl (C=O) groups excluding carboxylic acids is 2. The van der Waals surface area contributed by atoms with Crippen LogP contribution in [0.4, 0.5) is 0 Å². The Labute approximate surface area is 233 Å². The Kier molecular flexibility index (Phi) is 10.4. The molecular weight excluding hydrogens is 523 g/mol. The van der Waals surface area contributed by atoms with Crippen LogP contribution < -0.4 is 5.32 Å². The Morgan fingerprint density at radius 1 is 0.865 bits per heavy atom. The van der Waals surface area contributed by atoms with E-state index in [4.69, 9.17) is 23.2 Å². The summed E-state index contributed by atoms with van der Waals surface area (Å²) in [5.74, 6) is 0.0291. The maximum Gasteiger partial charge on any atom is 0.243 e. The second kappa shape index (κ2) is 13.9. The number of halogens is 2. The Morgan fingerprint density at radius 3 is 2.22 bits per heavy atom. The summed E-state index contributed by atoms with van der Waals surface area (Å²) in [6.07, 6.45) is 5.84. The summed E-state index contributed by atoms with van der Waals surface area (Å²) in [5, 5.41) is 4.15. The van der Waals surface area contributed by atoms with E-state index in [-0.39, 0.29) is 30.2 Å². The largest absolute Gasteiger partial charge is 0.352 e. The predicted octanol–water partition coefficient (Wildman–Crippen LogP) is 7.17. The lowest BCUT2D eigenvalue weighted by atomic mass is 9.94. The lowest BCUT2D eigenvalue weighted by Crippen LogP contribution is -2.53. The number of thioether (sulfide) groups is 1. The molecule has 0 spiro atoms. The average Bonchev–Trinajstić information content (AvgIpc) is 2.93. The summed E-state index contributed by atoms with van der Waals surface area (Å²) in [5.41, 5.74) is 1.84. The third kappa shape index (κ3) is 8.26. The van der Waals surface area contributed by atoms with Gasteiger partial charge in [0.1, 0.15) is 6.04 Å². The quantitative estimate of drug-likeness (QED) is 0.270. The van der Waals surface area contributed by atoms with E-state index in [9.17, 15) is 9.59 Å². The van der Waals surface area contributed by atoms with Crippen molar-refractivity contribution >= 4 is 46.8 Å². The molecule has 1 aliphatic carbocycles. The van der Waals surface area contributed by atoms with Crippen molar-refractivity contribution in [2.24, 2.45) is 0 Å². The van der Waals surface area contributed by atoms with E-state index in [1.54, 1.807) is 17.0 Å². The fourth-order valence-electron chi connectivity index (χ4n) is 4.68. The van der Waals surface area contributed by atoms with Crippen molar-refractivity contribution in [3.05, 3.63) is 100 Å². The third-order valence-electron chi connectivity index (χ3n) is 6.67. The second-order valence-electron chi connectivity index (χ2n) is 9.42. The number of hydrogen-bond acceptors (Lipinski definition) is 3. The molecule has 1 N–H and O–H groups in total. The zero-order chi connectivity index (χ0) is 26.0. The molecule has 0 unspecified atom stereocenters. The summed E-state index contributed by atoms with van der Waals surface area (Å²) in [7, 11) is 0. The summed E-state index contributed by atoms with van der Waals surface area (Å²) in [6.45, 7) is 0.265. The molecule has 0 saturated heterocycles. The van der Waals surface area contributed by atoms with Crippen molar-refractivity contribution in [1.29, 1.82) is 0 Å². The van der Waals surface area contributed by atoms with E-state index >= 15 is 0 Å². The van der Waals surface area contributed by atoms with Crippen molar-refractivity contribution in [2.75, 3.05) is 5.75 Å². The monoisotopic (exact) mass is 554 g/mol. The van der Waals surface area contributed by atoms with Gasteiger partial charge in [0.05, 0.1) is 15.8 Å². The van der Waals surface area contributed by atoms with Gasteiger partial charge in [0, 0.05) is 23.9 Å². The van der Waals surface area contributed by atoms with E-state index < -0.39 is 6.04 Å². The molecule has 4 nitrogen and oxygen atoms in total. The Balaban J connectivity index is 1.62. The van der Waals surface area contributed by atoms with Crippen molar-refractivity contribution in [3.63, 3.8) is 0 Å². The Bertz CT molecular complexity index is 1170. The van der Waals surface area contributed by atoms with Gasteiger partial charge in [0.15, 0.2) is 0 Å². The summed E-state index contributed by atoms with van der Waals surface area (Å²) in [4.78, 5) is 30.3. The molecule has 1 fully saturated rings. The van der Waals surface area contributed by atoms with Crippen LogP contribution in [0, 0.1) is 0 Å². The van der Waals surface area contributed by atoms with Gasteiger partial charge in [-0.3, -0.25) is 9.59 Å². The average molecular weight is 556 g/mol. The molecule has 1 atom stereocenters. The molecule has 1 saturated carbocycles. The summed E-state index contributed by atoms with van der Waals surface area (Å²) >= 11 is 13.9. The van der Waals surface area contributed by atoms with E-state index in [1.165, 1.54) is 18.2 Å². The summed E-state index contributed by atoms with van der Waals surface area (Å²) in [6, 6.07) is 24.6. The number of nitrogens with one attached hydrogen (secondary N) is 1. The van der Waals surface area contributed by atoms with E-state index in [0.29, 0.717) is 16.5 Å². The Hall–Kier alpha value is -2.47. The third-order valence-corrected chi connectivity index (χ3v) is 8.40. The number of rotatable bonds is 10. The standard InChI is InChI=1S/C30H32Cl2N2O2S/c31-26-17-16-23(18-27(26)32)20-34(29(35)21-37-25-14-8-3-9-15-25)28(19-22-10-4-1-5-11-22)30(36)33-24-12-6-2-7-13-24/h1,3-5,8-11,14-18,24,28H,2,6-7,12-13,19-21H2,(H,33,36)/t28-/m0/s1. The molecule has 1 aliphatic rings. The topological polar surface area (TPSA) is 49.4 Å². The van der Waals surface area contributed by atoms with Crippen LogP contribution in [0.25, 0.3) is 0 Å². The fourth-order valence-corrected chi connectivity index (χ4v) is 5.80. The summed E-state index contributed by atoms with van der Waals surface area (Å²) < 4.78 is 0. The highest BCUT2D eigenvalue weighted by Crippen LogP contribution is 2.26. The zero-order valence-corrected chi connectivity index (χ0v) is 23.1. The second-order valence-corrected chi connectivity index (χ2v) is 11.3. The molecule has 0 heterocycles. The lowest BCUT2D eigenvalue weighted by Gasteiger charge is -2.33. The maximum absolute atomic E-state index is 13.8. The van der Waals surface area contributed by atoms with Crippen LogP contribution in [0.2, 0.25) is 10.0 Å². The number of hydrogen-bond donors (Lipinski definition) is 1. The van der Waals surface area contributed by atoms with Gasteiger partial charge < -0.3 is 10.2 Å². The zero-order valence-electron chi connectivity index (χ0n) is 20.7. The first-order valence-electron chi connectivity index (χ1n) is 12.7. The van der Waals surface area contributed by atoms with Crippen molar-refractivity contribution in [3.8, 4) is 0 Å². The molecule has 2 amide bonds. The molecule has 0 bridgehead atoms. The molecular formula is C30H32Cl2N2O2S. The van der Waals surface area contributed by atoms with Crippen LogP contribution in [0.1, 0.15) is 43.2 Å². The number of amides is 2. The van der Waals surface area contributed by atoms with Gasteiger partial charge in [-0.1, -0.05) is 97.1 Å². The van der Waals surface area contributed by atoms with Crippen LogP contribution in [0.3, 0.4) is 0 Å². The molecule has 0 aromatic heterocycles. The van der Waals surface area contributed by atoms with E-state index in [0.717, 1.165) is 41.7 Å². The molecule has 3 aromatic carbocycles. The van der Waals surface area contributed by atoms with Gasteiger partial charge in [0.25, 0.3) is 0 Å². The first kappa shape index (κ1) is 27.6. The van der Waals surface area contributed by atoms with Gasteiger partial charge in [-0.25, -0.2) is 0 Å². The van der Waals surface area contributed by atoms with Gasteiger partial charge in [-0.2, -0.15) is 0 Å². The minimum Gasteiger partial charge on any atom is -0.352 e. The van der Waals surface area contributed by atoms with Crippen molar-refractivity contribution in [2.45, 2.75) is 62.0 Å². The minimum atomic E-state index is -0.650. The smallest absolute Gasteiger partial charge is 0.243 e. The first-order valence-corrected chi connectivity index (χ1v) is 14.5. The minimum absolute atomic E-state index is 0.0975. The van der Waals surface area contributed by atoms with Gasteiger partial charge in [0.2, 0.25) is 11.8 Å². The van der Waals surface area contributed by atoms with Gasteiger partial charge in [-0.15, -0.1) is 11.8 Å². The number of nitrogens with zero attached hydrogens (tertiary/aromatic N) is 1. The molecule has 37 heavy (non-hydrogen) atoms.